The number of rotatable bonds is 4. The van der Waals surface area contributed by atoms with Crippen molar-refractivity contribution in [1.82, 2.24) is 20.0 Å². The summed E-state index contributed by atoms with van der Waals surface area (Å²) < 4.78 is 43.7. The summed E-state index contributed by atoms with van der Waals surface area (Å²) in [5.41, 5.74) is -2.05. The van der Waals surface area contributed by atoms with Gasteiger partial charge in [-0.25, -0.2) is 9.48 Å². The van der Waals surface area contributed by atoms with E-state index in [0.29, 0.717) is 36.7 Å². The van der Waals surface area contributed by atoms with Crippen molar-refractivity contribution in [3.8, 4) is 0 Å². The number of likely N-dealkylation sites (tertiary alicyclic amines) is 1. The Kier molecular flexibility index (Phi) is 6.45. The van der Waals surface area contributed by atoms with Crippen LogP contribution in [0.25, 0.3) is 0 Å². The van der Waals surface area contributed by atoms with Crippen molar-refractivity contribution in [3.05, 3.63) is 28.2 Å². The van der Waals surface area contributed by atoms with Gasteiger partial charge in [-0.05, 0) is 32.8 Å². The molecule has 2 amide bonds. The third-order valence-electron chi connectivity index (χ3n) is 4.23. The van der Waals surface area contributed by atoms with E-state index < -0.39 is 35.5 Å². The first-order valence-electron chi connectivity index (χ1n) is 8.52. The number of aromatic nitrogens is 2. The van der Waals surface area contributed by atoms with Crippen molar-refractivity contribution in [1.29, 1.82) is 0 Å². The number of hydrogen-bond donors (Lipinski definition) is 1. The molecule has 1 aromatic heterocycles. The maximum Gasteiger partial charge on any atom is 0.435 e. The van der Waals surface area contributed by atoms with Gasteiger partial charge < -0.3 is 15.0 Å². The smallest absolute Gasteiger partial charge is 0.435 e. The highest BCUT2D eigenvalue weighted by atomic mass is 19.4. The maximum atomic E-state index is 12.8. The highest BCUT2D eigenvalue weighted by Gasteiger charge is 2.34. The Balaban J connectivity index is 1.99. The first-order valence-corrected chi connectivity index (χ1v) is 8.52. The monoisotopic (exact) mass is 390 g/mol. The Morgan fingerprint density at radius 1 is 1.33 bits per heavy atom. The molecule has 0 aliphatic carbocycles. The molecule has 1 atom stereocenters. The van der Waals surface area contributed by atoms with Crippen LogP contribution < -0.4 is 10.9 Å². The fourth-order valence-electron chi connectivity index (χ4n) is 2.71. The van der Waals surface area contributed by atoms with Crippen LogP contribution in [0.4, 0.5) is 18.0 Å². The average molecular weight is 390 g/mol. The highest BCUT2D eigenvalue weighted by molar-refractivity contribution is 5.80. The zero-order valence-corrected chi connectivity index (χ0v) is 15.0. The van der Waals surface area contributed by atoms with Gasteiger partial charge in [0, 0.05) is 25.2 Å². The van der Waals surface area contributed by atoms with Crippen LogP contribution in [0.15, 0.2) is 16.9 Å². The molecule has 2 rings (SSSR count). The van der Waals surface area contributed by atoms with Crippen molar-refractivity contribution < 1.29 is 27.5 Å². The lowest BCUT2D eigenvalue weighted by atomic mass is 10.0. The summed E-state index contributed by atoms with van der Waals surface area (Å²) in [7, 11) is 0. The van der Waals surface area contributed by atoms with E-state index in [-0.39, 0.29) is 12.6 Å². The Hall–Kier alpha value is -2.59. The molecule has 27 heavy (non-hydrogen) atoms. The van der Waals surface area contributed by atoms with E-state index in [9.17, 15) is 27.6 Å². The molecule has 1 fully saturated rings. The average Bonchev–Trinajstić information content (AvgIpc) is 2.61. The van der Waals surface area contributed by atoms with Crippen molar-refractivity contribution in [2.75, 3.05) is 19.7 Å². The lowest BCUT2D eigenvalue weighted by Gasteiger charge is -2.32. The molecular weight excluding hydrogens is 369 g/mol. The van der Waals surface area contributed by atoms with Gasteiger partial charge in [-0.15, -0.1) is 0 Å². The fourth-order valence-corrected chi connectivity index (χ4v) is 2.71. The number of nitrogens with one attached hydrogen (secondary N) is 1. The molecule has 0 radical (unpaired) electrons. The van der Waals surface area contributed by atoms with Crippen LogP contribution in [0.3, 0.4) is 0 Å². The SMILES string of the molecule is CCOC(=O)N1CCC(NC(=O)C(C)n2nc(C(F)(F)F)ccc2=O)CC1. The summed E-state index contributed by atoms with van der Waals surface area (Å²) in [6, 6.07) is -0.151. The standard InChI is InChI=1S/C16H21F3N4O4/c1-3-27-15(26)22-8-6-11(7-9-22)20-14(25)10(2)23-13(24)5-4-12(21-23)16(17,18)19/h4-5,10-11H,3,6-9H2,1-2H3,(H,20,25). The van der Waals surface area contributed by atoms with Crippen molar-refractivity contribution in [2.45, 2.75) is 44.9 Å². The summed E-state index contributed by atoms with van der Waals surface area (Å²) in [5, 5.41) is 5.96. The number of alkyl halides is 3. The van der Waals surface area contributed by atoms with Gasteiger partial charge in [-0.2, -0.15) is 18.3 Å². The van der Waals surface area contributed by atoms with Crippen LogP contribution in [0, 0.1) is 0 Å². The Morgan fingerprint density at radius 3 is 2.52 bits per heavy atom. The third-order valence-corrected chi connectivity index (χ3v) is 4.23. The quantitative estimate of drug-likeness (QED) is 0.842. The zero-order valence-electron chi connectivity index (χ0n) is 15.0. The van der Waals surface area contributed by atoms with Gasteiger partial charge in [-0.1, -0.05) is 0 Å². The summed E-state index contributed by atoms with van der Waals surface area (Å²) in [6.07, 6.45) is -4.19. The van der Waals surface area contributed by atoms with Gasteiger partial charge in [0.1, 0.15) is 6.04 Å². The molecule has 0 bridgehead atoms. The predicted octanol–water partition coefficient (Wildman–Crippen LogP) is 1.56. The van der Waals surface area contributed by atoms with Crippen molar-refractivity contribution >= 4 is 12.0 Å². The Bertz CT molecular complexity index is 742. The molecule has 1 aliphatic heterocycles. The zero-order chi connectivity index (χ0) is 20.2. The first-order chi connectivity index (χ1) is 12.6. The predicted molar refractivity (Wildman–Crippen MR) is 88.0 cm³/mol. The molecule has 1 N–H and O–H groups in total. The Morgan fingerprint density at radius 2 is 1.96 bits per heavy atom. The highest BCUT2D eigenvalue weighted by Crippen LogP contribution is 2.26. The molecule has 1 aromatic rings. The third kappa shape index (κ3) is 5.20. The van der Waals surface area contributed by atoms with Crippen LogP contribution in [0.5, 0.6) is 0 Å². The number of piperidine rings is 1. The number of amides is 2. The van der Waals surface area contributed by atoms with Crippen LogP contribution in [-0.4, -0.2) is 52.4 Å². The van der Waals surface area contributed by atoms with E-state index in [1.54, 1.807) is 6.92 Å². The van der Waals surface area contributed by atoms with Gasteiger partial charge in [-0.3, -0.25) is 9.59 Å². The van der Waals surface area contributed by atoms with Crippen LogP contribution in [-0.2, 0) is 15.7 Å². The summed E-state index contributed by atoms with van der Waals surface area (Å²) in [4.78, 5) is 37.3. The van der Waals surface area contributed by atoms with Gasteiger partial charge in [0.2, 0.25) is 5.91 Å². The molecule has 0 spiro atoms. The molecule has 11 heteroatoms. The molecule has 0 aromatic carbocycles. The van der Waals surface area contributed by atoms with E-state index in [2.05, 4.69) is 10.4 Å². The van der Waals surface area contributed by atoms with Crippen molar-refractivity contribution in [3.63, 3.8) is 0 Å². The van der Waals surface area contributed by atoms with Crippen LogP contribution in [0.2, 0.25) is 0 Å². The number of ether oxygens (including phenoxy) is 1. The van der Waals surface area contributed by atoms with E-state index in [4.69, 9.17) is 4.74 Å². The van der Waals surface area contributed by atoms with E-state index in [0.717, 1.165) is 6.07 Å². The summed E-state index contributed by atoms with van der Waals surface area (Å²) in [6.45, 7) is 4.05. The molecular formula is C16H21F3N4O4. The lowest BCUT2D eigenvalue weighted by molar-refractivity contribution is -0.143. The van der Waals surface area contributed by atoms with E-state index in [1.807, 2.05) is 0 Å². The molecule has 1 unspecified atom stereocenters. The summed E-state index contributed by atoms with van der Waals surface area (Å²) in [5.74, 6) is -0.612. The summed E-state index contributed by atoms with van der Waals surface area (Å²) >= 11 is 0. The number of carbonyl (C=O) groups excluding carboxylic acids is 2. The van der Waals surface area contributed by atoms with Gasteiger partial charge >= 0.3 is 12.3 Å². The fraction of sp³-hybridized carbons (Fsp3) is 0.625. The van der Waals surface area contributed by atoms with E-state index >= 15 is 0 Å². The molecule has 8 nitrogen and oxygen atoms in total. The number of halogens is 3. The Labute approximate surface area is 153 Å². The number of hydrogen-bond acceptors (Lipinski definition) is 5. The number of carbonyl (C=O) groups is 2. The maximum absolute atomic E-state index is 12.8. The van der Waals surface area contributed by atoms with Gasteiger partial charge in [0.05, 0.1) is 6.61 Å². The first kappa shape index (κ1) is 20.7. The van der Waals surface area contributed by atoms with Gasteiger partial charge in [0.25, 0.3) is 5.56 Å². The topological polar surface area (TPSA) is 93.5 Å². The second-order valence-corrected chi connectivity index (χ2v) is 6.14. The van der Waals surface area contributed by atoms with Gasteiger partial charge in [0.15, 0.2) is 5.69 Å². The normalized spacial score (nSPS) is 16.7. The van der Waals surface area contributed by atoms with Crippen LogP contribution in [0.1, 0.15) is 38.4 Å². The second kappa shape index (κ2) is 8.40. The molecule has 150 valence electrons. The second-order valence-electron chi connectivity index (χ2n) is 6.14. The van der Waals surface area contributed by atoms with Crippen molar-refractivity contribution in [2.24, 2.45) is 0 Å². The molecule has 1 aliphatic rings. The number of nitrogens with zero attached hydrogens (tertiary/aromatic N) is 3. The minimum Gasteiger partial charge on any atom is -0.450 e. The minimum absolute atomic E-state index is 0.257. The molecule has 2 heterocycles. The minimum atomic E-state index is -4.72. The van der Waals surface area contributed by atoms with Crippen LogP contribution >= 0.6 is 0 Å². The lowest BCUT2D eigenvalue weighted by Crippen LogP contribution is -2.48. The van der Waals surface area contributed by atoms with E-state index in [1.165, 1.54) is 11.8 Å². The molecule has 1 saturated heterocycles. The largest absolute Gasteiger partial charge is 0.450 e. The molecule has 0 saturated carbocycles.